The predicted octanol–water partition coefficient (Wildman–Crippen LogP) is 0.566. The van der Waals surface area contributed by atoms with Gasteiger partial charge in [-0.15, -0.1) is 10.2 Å². The minimum absolute atomic E-state index is 0.0637. The zero-order valence-electron chi connectivity index (χ0n) is 6.57. The van der Waals surface area contributed by atoms with Gasteiger partial charge in [0.1, 0.15) is 5.69 Å². The molecule has 1 aliphatic heterocycles. The van der Waals surface area contributed by atoms with Crippen LogP contribution in [0.3, 0.4) is 0 Å². The quantitative estimate of drug-likeness (QED) is 0.587. The first-order valence-corrected chi connectivity index (χ1v) is 4.30. The van der Waals surface area contributed by atoms with Crippen LogP contribution in [0.4, 0.5) is 0 Å². The van der Waals surface area contributed by atoms with Crippen LogP contribution in [-0.2, 0) is 6.54 Å². The number of aryl methyl sites for hydroxylation is 1. The molecule has 0 aliphatic carbocycles. The van der Waals surface area contributed by atoms with Crippen molar-refractivity contribution in [1.29, 1.82) is 0 Å². The van der Waals surface area contributed by atoms with Crippen LogP contribution in [0.2, 0.25) is 0 Å². The van der Waals surface area contributed by atoms with Gasteiger partial charge in [0.2, 0.25) is 0 Å². The highest BCUT2D eigenvalue weighted by atomic mass is 32.2. The molecule has 0 N–H and O–H groups in total. The summed E-state index contributed by atoms with van der Waals surface area (Å²) in [7, 11) is 0. The lowest BCUT2D eigenvalue weighted by Gasteiger charge is -1.97. The van der Waals surface area contributed by atoms with Crippen LogP contribution in [0.25, 0.3) is 0 Å². The zero-order chi connectivity index (χ0) is 8.72. The van der Waals surface area contributed by atoms with Gasteiger partial charge in [-0.25, -0.2) is 0 Å². The second-order valence-corrected chi connectivity index (χ2v) is 3.75. The van der Waals surface area contributed by atoms with Gasteiger partial charge in [0.15, 0.2) is 5.16 Å². The Kier molecular flexibility index (Phi) is 1.54. The lowest BCUT2D eigenvalue weighted by Crippen LogP contribution is -2.23. The number of fused-ring (bicyclic) bond motifs is 1. The standard InChI is InChI=1S/C7H7N3OS/c1-4-3-10-6(11)5(2)8-9-7(10)12-4/h1,3H2,2H3. The molecule has 0 spiro atoms. The van der Waals surface area contributed by atoms with Gasteiger partial charge < -0.3 is 0 Å². The molecule has 1 aromatic rings. The summed E-state index contributed by atoms with van der Waals surface area (Å²) in [6.45, 7) is 6.00. The number of thioether (sulfide) groups is 1. The Balaban J connectivity index is 2.69. The summed E-state index contributed by atoms with van der Waals surface area (Å²) in [5.41, 5.74) is 0.375. The van der Waals surface area contributed by atoms with Gasteiger partial charge >= 0.3 is 0 Å². The molecule has 2 heterocycles. The van der Waals surface area contributed by atoms with E-state index in [0.717, 1.165) is 4.91 Å². The fourth-order valence-electron chi connectivity index (χ4n) is 1.05. The average molecular weight is 181 g/mol. The maximum atomic E-state index is 11.4. The van der Waals surface area contributed by atoms with E-state index in [9.17, 15) is 4.79 Å². The summed E-state index contributed by atoms with van der Waals surface area (Å²) in [4.78, 5) is 12.3. The van der Waals surface area contributed by atoms with Crippen molar-refractivity contribution in [3.05, 3.63) is 27.5 Å². The van der Waals surface area contributed by atoms with Crippen molar-refractivity contribution < 1.29 is 0 Å². The molecular formula is C7H7N3OS. The van der Waals surface area contributed by atoms with Crippen LogP contribution in [0.15, 0.2) is 21.4 Å². The molecule has 2 rings (SSSR count). The molecule has 0 bridgehead atoms. The van der Waals surface area contributed by atoms with Gasteiger partial charge in [-0.3, -0.25) is 9.36 Å². The van der Waals surface area contributed by atoms with Gasteiger partial charge in [-0.2, -0.15) is 0 Å². The summed E-state index contributed by atoms with van der Waals surface area (Å²) in [5, 5.41) is 8.27. The van der Waals surface area contributed by atoms with Crippen molar-refractivity contribution in [1.82, 2.24) is 14.8 Å². The molecule has 0 amide bonds. The summed E-state index contributed by atoms with van der Waals surface area (Å²) in [5.74, 6) is 0. The average Bonchev–Trinajstić information content (AvgIpc) is 2.39. The molecule has 1 aromatic heterocycles. The van der Waals surface area contributed by atoms with Crippen LogP contribution in [0.1, 0.15) is 5.69 Å². The van der Waals surface area contributed by atoms with E-state index in [4.69, 9.17) is 0 Å². The molecule has 0 fully saturated rings. The SMILES string of the molecule is C=C1Cn2c(nnc(C)c2=O)S1. The first-order chi connectivity index (χ1) is 5.68. The molecule has 0 saturated carbocycles. The van der Waals surface area contributed by atoms with E-state index in [1.807, 2.05) is 0 Å². The molecule has 5 heteroatoms. The third kappa shape index (κ3) is 0.972. The Labute approximate surface area is 73.3 Å². The number of hydrogen-bond acceptors (Lipinski definition) is 4. The predicted molar refractivity (Wildman–Crippen MR) is 46.0 cm³/mol. The van der Waals surface area contributed by atoms with E-state index in [1.54, 1.807) is 11.5 Å². The summed E-state index contributed by atoms with van der Waals surface area (Å²) in [6.07, 6.45) is 0. The van der Waals surface area contributed by atoms with E-state index in [0.29, 0.717) is 17.4 Å². The van der Waals surface area contributed by atoms with Crippen LogP contribution >= 0.6 is 11.8 Å². The van der Waals surface area contributed by atoms with E-state index in [2.05, 4.69) is 16.8 Å². The molecule has 12 heavy (non-hydrogen) atoms. The minimum Gasteiger partial charge on any atom is -0.279 e. The molecule has 62 valence electrons. The number of rotatable bonds is 0. The number of hydrogen-bond donors (Lipinski definition) is 0. The zero-order valence-corrected chi connectivity index (χ0v) is 7.39. The molecular weight excluding hydrogens is 174 g/mol. The lowest BCUT2D eigenvalue weighted by molar-refractivity contribution is 0.625. The number of allylic oxidation sites excluding steroid dienone is 1. The first-order valence-electron chi connectivity index (χ1n) is 3.48. The van der Waals surface area contributed by atoms with Crippen molar-refractivity contribution in [3.8, 4) is 0 Å². The number of nitrogens with zero attached hydrogens (tertiary/aromatic N) is 3. The monoisotopic (exact) mass is 181 g/mol. The fraction of sp³-hybridized carbons (Fsp3) is 0.286. The lowest BCUT2D eigenvalue weighted by atomic mass is 10.5. The Morgan fingerprint density at radius 1 is 1.58 bits per heavy atom. The molecule has 4 nitrogen and oxygen atoms in total. The molecule has 1 aliphatic rings. The van der Waals surface area contributed by atoms with Crippen molar-refractivity contribution >= 4 is 11.8 Å². The van der Waals surface area contributed by atoms with Crippen LogP contribution in [0.5, 0.6) is 0 Å². The van der Waals surface area contributed by atoms with Crippen LogP contribution in [0, 0.1) is 6.92 Å². The highest BCUT2D eigenvalue weighted by Crippen LogP contribution is 2.29. The third-order valence-electron chi connectivity index (χ3n) is 1.64. The Hall–Kier alpha value is -1.10. The van der Waals surface area contributed by atoms with Crippen molar-refractivity contribution in [3.63, 3.8) is 0 Å². The van der Waals surface area contributed by atoms with Crippen LogP contribution in [-0.4, -0.2) is 14.8 Å². The molecule has 0 atom stereocenters. The second kappa shape index (κ2) is 2.45. The van der Waals surface area contributed by atoms with E-state index >= 15 is 0 Å². The van der Waals surface area contributed by atoms with Gasteiger partial charge in [0, 0.05) is 4.91 Å². The van der Waals surface area contributed by atoms with Crippen molar-refractivity contribution in [2.24, 2.45) is 0 Å². The molecule has 0 unspecified atom stereocenters. The number of aromatic nitrogens is 3. The van der Waals surface area contributed by atoms with Crippen LogP contribution < -0.4 is 5.56 Å². The van der Waals surface area contributed by atoms with Gasteiger partial charge in [0.05, 0.1) is 6.54 Å². The second-order valence-electron chi connectivity index (χ2n) is 2.60. The minimum atomic E-state index is -0.0637. The Morgan fingerprint density at radius 3 is 3.08 bits per heavy atom. The Bertz CT molecular complexity index is 410. The third-order valence-corrected chi connectivity index (χ3v) is 2.54. The molecule has 0 radical (unpaired) electrons. The molecule has 0 saturated heterocycles. The molecule has 0 aromatic carbocycles. The maximum absolute atomic E-state index is 11.4. The fourth-order valence-corrected chi connectivity index (χ4v) is 1.84. The van der Waals surface area contributed by atoms with Gasteiger partial charge in [-0.05, 0) is 6.92 Å². The summed E-state index contributed by atoms with van der Waals surface area (Å²) in [6, 6.07) is 0. The smallest absolute Gasteiger partial charge is 0.276 e. The maximum Gasteiger partial charge on any atom is 0.276 e. The van der Waals surface area contributed by atoms with E-state index in [1.165, 1.54) is 11.8 Å². The van der Waals surface area contributed by atoms with Crippen molar-refractivity contribution in [2.45, 2.75) is 18.6 Å². The van der Waals surface area contributed by atoms with E-state index in [-0.39, 0.29) is 5.56 Å². The normalized spacial score (nSPS) is 14.9. The largest absolute Gasteiger partial charge is 0.279 e. The Morgan fingerprint density at radius 2 is 2.33 bits per heavy atom. The van der Waals surface area contributed by atoms with Gasteiger partial charge in [0.25, 0.3) is 5.56 Å². The highest BCUT2D eigenvalue weighted by Gasteiger charge is 2.18. The van der Waals surface area contributed by atoms with Crippen molar-refractivity contribution in [2.75, 3.05) is 0 Å². The topological polar surface area (TPSA) is 47.8 Å². The summed E-state index contributed by atoms with van der Waals surface area (Å²) < 4.78 is 1.59. The highest BCUT2D eigenvalue weighted by molar-refractivity contribution is 8.03. The summed E-state index contributed by atoms with van der Waals surface area (Å²) >= 11 is 1.41. The van der Waals surface area contributed by atoms with E-state index < -0.39 is 0 Å². The van der Waals surface area contributed by atoms with Gasteiger partial charge in [-0.1, -0.05) is 18.3 Å². The first kappa shape index (κ1) is 7.54.